The van der Waals surface area contributed by atoms with E-state index in [4.69, 9.17) is 4.74 Å². The monoisotopic (exact) mass is 478 g/mol. The zero-order valence-electron chi connectivity index (χ0n) is 19.7. The summed E-state index contributed by atoms with van der Waals surface area (Å²) in [6.07, 6.45) is 1.58. The number of nitrogens with zero attached hydrogens (tertiary/aromatic N) is 5. The fourth-order valence-electron chi connectivity index (χ4n) is 4.69. The van der Waals surface area contributed by atoms with E-state index in [-0.39, 0.29) is 23.2 Å². The third-order valence-corrected chi connectivity index (χ3v) is 6.79. The fourth-order valence-corrected chi connectivity index (χ4v) is 4.69. The van der Waals surface area contributed by atoms with E-state index in [9.17, 15) is 18.4 Å². The van der Waals surface area contributed by atoms with Gasteiger partial charge in [0.1, 0.15) is 5.75 Å². The molecule has 186 valence electrons. The summed E-state index contributed by atoms with van der Waals surface area (Å²) >= 11 is 0. The number of benzene rings is 1. The van der Waals surface area contributed by atoms with Crippen LogP contribution in [-0.4, -0.2) is 102 Å². The SMILES string of the molecule is COc1ccc2c(c1)c(C(=O)NC1CCN(CCN3CCN(C(C)=O)CC3)CC1)nn2C(F)F. The molecule has 9 nitrogen and oxygen atoms in total. The average Bonchev–Trinajstić information content (AvgIpc) is 3.23. The molecule has 0 bridgehead atoms. The molecule has 0 saturated carbocycles. The van der Waals surface area contributed by atoms with Crippen LogP contribution in [0.4, 0.5) is 8.78 Å². The molecular weight excluding hydrogens is 446 g/mol. The predicted molar refractivity (Wildman–Crippen MR) is 123 cm³/mol. The third kappa shape index (κ3) is 5.47. The number of nitrogens with one attached hydrogen (secondary N) is 1. The van der Waals surface area contributed by atoms with Gasteiger partial charge in [0.15, 0.2) is 5.69 Å². The lowest BCUT2D eigenvalue weighted by atomic mass is 10.0. The van der Waals surface area contributed by atoms with E-state index in [1.54, 1.807) is 19.1 Å². The highest BCUT2D eigenvalue weighted by Crippen LogP contribution is 2.27. The normalized spacial score (nSPS) is 18.6. The van der Waals surface area contributed by atoms with Crippen LogP contribution in [0, 0.1) is 0 Å². The number of likely N-dealkylation sites (tertiary alicyclic amines) is 1. The molecule has 0 aliphatic carbocycles. The van der Waals surface area contributed by atoms with Gasteiger partial charge in [-0.3, -0.25) is 14.5 Å². The van der Waals surface area contributed by atoms with Crippen LogP contribution in [-0.2, 0) is 4.79 Å². The number of piperidine rings is 1. The van der Waals surface area contributed by atoms with Gasteiger partial charge < -0.3 is 19.9 Å². The quantitative estimate of drug-likeness (QED) is 0.654. The number of fused-ring (bicyclic) bond motifs is 1. The summed E-state index contributed by atoms with van der Waals surface area (Å²) in [7, 11) is 1.48. The summed E-state index contributed by atoms with van der Waals surface area (Å²) in [5.74, 6) is 0.169. The van der Waals surface area contributed by atoms with Crippen LogP contribution in [0.25, 0.3) is 10.9 Å². The van der Waals surface area contributed by atoms with Crippen molar-refractivity contribution in [3.8, 4) is 5.75 Å². The summed E-state index contributed by atoms with van der Waals surface area (Å²) in [5.41, 5.74) is 0.182. The Hall–Kier alpha value is -2.79. The van der Waals surface area contributed by atoms with E-state index in [0.717, 1.165) is 65.2 Å². The number of carbonyl (C=O) groups excluding carboxylic acids is 2. The summed E-state index contributed by atoms with van der Waals surface area (Å²) in [6, 6.07) is 4.60. The Kier molecular flexibility index (Phi) is 7.62. The van der Waals surface area contributed by atoms with Crippen LogP contribution in [0.1, 0.15) is 36.8 Å². The van der Waals surface area contributed by atoms with E-state index in [2.05, 4.69) is 20.2 Å². The van der Waals surface area contributed by atoms with Crippen molar-refractivity contribution >= 4 is 22.7 Å². The molecule has 0 unspecified atom stereocenters. The van der Waals surface area contributed by atoms with Crippen molar-refractivity contribution in [1.82, 2.24) is 29.8 Å². The number of alkyl halides is 2. The first kappa shape index (κ1) is 24.3. The maximum atomic E-state index is 13.4. The highest BCUT2D eigenvalue weighted by atomic mass is 19.3. The van der Waals surface area contributed by atoms with Crippen molar-refractivity contribution in [3.63, 3.8) is 0 Å². The Labute approximate surface area is 197 Å². The minimum Gasteiger partial charge on any atom is -0.497 e. The molecule has 0 atom stereocenters. The molecule has 0 radical (unpaired) electrons. The molecule has 2 aromatic rings. The largest absolute Gasteiger partial charge is 0.497 e. The van der Waals surface area contributed by atoms with Gasteiger partial charge in [0, 0.05) is 70.7 Å². The van der Waals surface area contributed by atoms with E-state index < -0.39 is 12.5 Å². The third-order valence-electron chi connectivity index (χ3n) is 6.79. The van der Waals surface area contributed by atoms with Gasteiger partial charge in [-0.2, -0.15) is 13.9 Å². The Bertz CT molecular complexity index is 1010. The first-order valence-corrected chi connectivity index (χ1v) is 11.7. The molecule has 2 aliphatic heterocycles. The molecule has 0 spiro atoms. The Morgan fingerprint density at radius 2 is 1.74 bits per heavy atom. The van der Waals surface area contributed by atoms with Gasteiger partial charge in [0.05, 0.1) is 12.6 Å². The molecule has 1 aromatic carbocycles. The predicted octanol–water partition coefficient (Wildman–Crippen LogP) is 1.80. The summed E-state index contributed by atoms with van der Waals surface area (Å²) in [6.45, 7) is 5.76. The maximum absolute atomic E-state index is 13.4. The topological polar surface area (TPSA) is 82.9 Å². The second kappa shape index (κ2) is 10.6. The minimum absolute atomic E-state index is 0.0127. The lowest BCUT2D eigenvalue weighted by Gasteiger charge is -2.37. The zero-order chi connectivity index (χ0) is 24.2. The van der Waals surface area contributed by atoms with Gasteiger partial charge in [-0.15, -0.1) is 0 Å². The molecule has 3 heterocycles. The van der Waals surface area contributed by atoms with Gasteiger partial charge in [-0.05, 0) is 31.0 Å². The van der Waals surface area contributed by atoms with Gasteiger partial charge in [0.25, 0.3) is 5.91 Å². The first-order valence-electron chi connectivity index (χ1n) is 11.7. The van der Waals surface area contributed by atoms with Crippen LogP contribution in [0.3, 0.4) is 0 Å². The van der Waals surface area contributed by atoms with E-state index in [1.807, 2.05) is 4.90 Å². The van der Waals surface area contributed by atoms with Gasteiger partial charge >= 0.3 is 6.55 Å². The highest BCUT2D eigenvalue weighted by Gasteiger charge is 2.26. The molecule has 1 aromatic heterocycles. The minimum atomic E-state index is -2.84. The van der Waals surface area contributed by atoms with E-state index in [0.29, 0.717) is 15.8 Å². The van der Waals surface area contributed by atoms with Crippen LogP contribution in [0.2, 0.25) is 0 Å². The number of amides is 2. The number of ether oxygens (including phenoxy) is 1. The van der Waals surface area contributed by atoms with Crippen LogP contribution in [0.5, 0.6) is 5.75 Å². The van der Waals surface area contributed by atoms with Crippen molar-refractivity contribution in [3.05, 3.63) is 23.9 Å². The van der Waals surface area contributed by atoms with Crippen molar-refractivity contribution < 1.29 is 23.1 Å². The molecule has 2 aliphatic rings. The smallest absolute Gasteiger partial charge is 0.333 e. The van der Waals surface area contributed by atoms with E-state index in [1.165, 1.54) is 13.2 Å². The number of carbonyl (C=O) groups is 2. The molecule has 1 N–H and O–H groups in total. The van der Waals surface area contributed by atoms with Crippen molar-refractivity contribution in [1.29, 1.82) is 0 Å². The molecule has 11 heteroatoms. The van der Waals surface area contributed by atoms with Crippen molar-refractivity contribution in [2.24, 2.45) is 0 Å². The number of halogens is 2. The Morgan fingerprint density at radius 3 is 2.32 bits per heavy atom. The standard InChI is InChI=1S/C23H32F2N6O3/c1-16(32)30-13-11-29(12-14-30)10-9-28-7-5-17(6-8-28)26-22(33)21-19-15-18(34-2)3-4-20(19)31(27-21)23(24)25/h3-4,15,17,23H,5-14H2,1-2H3,(H,26,33). The first-order chi connectivity index (χ1) is 16.4. The number of rotatable bonds is 7. The summed E-state index contributed by atoms with van der Waals surface area (Å²) in [4.78, 5) is 31.0. The molecule has 2 saturated heterocycles. The maximum Gasteiger partial charge on any atom is 0.333 e. The molecule has 34 heavy (non-hydrogen) atoms. The number of aromatic nitrogens is 2. The van der Waals surface area contributed by atoms with Crippen molar-refractivity contribution in [2.45, 2.75) is 32.4 Å². The molecule has 4 rings (SSSR count). The molecular formula is C23H32F2N6O3. The van der Waals surface area contributed by atoms with Crippen LogP contribution >= 0.6 is 0 Å². The molecule has 2 amide bonds. The number of piperazine rings is 1. The van der Waals surface area contributed by atoms with Gasteiger partial charge in [-0.25, -0.2) is 4.68 Å². The number of hydrogen-bond acceptors (Lipinski definition) is 6. The highest BCUT2D eigenvalue weighted by molar-refractivity contribution is 6.05. The van der Waals surface area contributed by atoms with Crippen LogP contribution < -0.4 is 10.1 Å². The lowest BCUT2D eigenvalue weighted by molar-refractivity contribution is -0.130. The Morgan fingerprint density at radius 1 is 1.09 bits per heavy atom. The lowest BCUT2D eigenvalue weighted by Crippen LogP contribution is -2.51. The van der Waals surface area contributed by atoms with E-state index >= 15 is 0 Å². The van der Waals surface area contributed by atoms with Crippen molar-refractivity contribution in [2.75, 3.05) is 59.5 Å². The summed E-state index contributed by atoms with van der Waals surface area (Å²) < 4.78 is 32.6. The zero-order valence-corrected chi connectivity index (χ0v) is 19.7. The second-order valence-electron chi connectivity index (χ2n) is 8.89. The van der Waals surface area contributed by atoms with Crippen LogP contribution in [0.15, 0.2) is 18.2 Å². The van der Waals surface area contributed by atoms with Gasteiger partial charge in [-0.1, -0.05) is 0 Å². The Balaban J connectivity index is 1.29. The second-order valence-corrected chi connectivity index (χ2v) is 8.89. The number of methoxy groups -OCH3 is 1. The average molecular weight is 479 g/mol. The number of hydrogen-bond donors (Lipinski definition) is 1. The fraction of sp³-hybridized carbons (Fsp3) is 0.609. The summed E-state index contributed by atoms with van der Waals surface area (Å²) in [5, 5.41) is 7.23. The van der Waals surface area contributed by atoms with Gasteiger partial charge in [0.2, 0.25) is 5.91 Å². The molecule has 2 fully saturated rings.